The van der Waals surface area contributed by atoms with E-state index < -0.39 is 69.4 Å². The molecule has 4 amide bonds. The summed E-state index contributed by atoms with van der Waals surface area (Å²) < 4.78 is 86.3. The number of piperidine rings is 2. The van der Waals surface area contributed by atoms with Crippen molar-refractivity contribution < 1.29 is 45.5 Å². The third kappa shape index (κ3) is 5.71. The molecule has 5 aliphatic rings. The molecule has 4 aliphatic heterocycles. The highest BCUT2D eigenvalue weighted by molar-refractivity contribution is 6.30. The molecule has 256 valence electrons. The van der Waals surface area contributed by atoms with Crippen LogP contribution in [0.5, 0.6) is 0 Å². The van der Waals surface area contributed by atoms with E-state index in [-0.39, 0.29) is 67.0 Å². The number of nitrogens with zero attached hydrogens (tertiary/aromatic N) is 5. The summed E-state index contributed by atoms with van der Waals surface area (Å²) in [6.07, 6.45) is -8.59. The number of alkyl halides is 6. The largest absolute Gasteiger partial charge is 0.419 e. The predicted molar refractivity (Wildman–Crippen MR) is 158 cm³/mol. The number of hydrogen-bond acceptors (Lipinski definition) is 9. The zero-order valence-corrected chi connectivity index (χ0v) is 26.3. The van der Waals surface area contributed by atoms with Crippen molar-refractivity contribution >= 4 is 52.7 Å². The molecule has 18 heteroatoms. The lowest BCUT2D eigenvalue weighted by molar-refractivity contribution is -0.140. The summed E-state index contributed by atoms with van der Waals surface area (Å²) in [6.45, 7) is 4.58. The fourth-order valence-electron chi connectivity index (χ4n) is 6.88. The van der Waals surface area contributed by atoms with Crippen molar-refractivity contribution in [3.63, 3.8) is 0 Å². The van der Waals surface area contributed by atoms with Crippen LogP contribution in [0.2, 0.25) is 5.15 Å². The van der Waals surface area contributed by atoms with Gasteiger partial charge in [-0.25, -0.2) is 9.97 Å². The summed E-state index contributed by atoms with van der Waals surface area (Å²) in [5.74, 6) is -5.14. The molecule has 1 unspecified atom stereocenters. The number of nitrogens with one attached hydrogen (secondary N) is 2. The quantitative estimate of drug-likeness (QED) is 0.224. The maximum Gasteiger partial charge on any atom is 0.419 e. The Balaban J connectivity index is 1.37. The Morgan fingerprint density at radius 3 is 2.19 bits per heavy atom. The van der Waals surface area contributed by atoms with Crippen LogP contribution in [-0.2, 0) is 36.9 Å². The average Bonchev–Trinajstić information content (AvgIpc) is 3.39. The molecule has 2 bridgehead atoms. The van der Waals surface area contributed by atoms with Crippen molar-refractivity contribution in [2.75, 3.05) is 28.8 Å². The zero-order valence-electron chi connectivity index (χ0n) is 25.6. The number of aromatic nitrogens is 2. The number of hydrazine groups is 2. The number of carbonyl (C=O) groups excluding carboxylic acids is 4. The van der Waals surface area contributed by atoms with Crippen LogP contribution in [0.25, 0.3) is 0 Å². The molecule has 2 N–H and O–H groups in total. The van der Waals surface area contributed by atoms with E-state index in [9.17, 15) is 45.5 Å². The van der Waals surface area contributed by atoms with Gasteiger partial charge in [0.15, 0.2) is 0 Å². The fourth-order valence-corrected chi connectivity index (χ4v) is 7.18. The van der Waals surface area contributed by atoms with Crippen LogP contribution >= 0.6 is 11.6 Å². The van der Waals surface area contributed by atoms with E-state index in [0.717, 1.165) is 24.3 Å². The van der Waals surface area contributed by atoms with Crippen LogP contribution in [0.3, 0.4) is 0 Å². The molecule has 2 aromatic heterocycles. The number of imide groups is 2. The first-order valence-corrected chi connectivity index (χ1v) is 15.3. The zero-order chi connectivity index (χ0) is 35.1. The van der Waals surface area contributed by atoms with Crippen LogP contribution in [0.4, 0.5) is 43.8 Å². The standard InChI is InChI=1S/C30H28ClF6N7O4/c1-13(2)16-7-22(46)44(27(16)48)41-20-8-18(23(24(31)38-20)30(35,36)37)28-9-15(10-28)11-42(12-28)25-17(29(32,33)34)4-5-19(39-25)40-43-21(45)6-14(3)26(43)47/h4-5,7-8,13-15H,6,9-12H2,1-3H3,(H,38,41)(H,39,40). The third-order valence-corrected chi connectivity index (χ3v) is 9.31. The van der Waals surface area contributed by atoms with Crippen LogP contribution in [-0.4, -0.2) is 56.7 Å². The van der Waals surface area contributed by atoms with Crippen molar-refractivity contribution in [3.8, 4) is 0 Å². The fraction of sp³-hybridized carbons (Fsp3) is 0.467. The average molecular weight is 700 g/mol. The van der Waals surface area contributed by atoms with E-state index >= 15 is 0 Å². The van der Waals surface area contributed by atoms with E-state index in [1.165, 1.54) is 11.8 Å². The Morgan fingerprint density at radius 1 is 0.958 bits per heavy atom. The predicted octanol–water partition coefficient (Wildman–Crippen LogP) is 5.34. The summed E-state index contributed by atoms with van der Waals surface area (Å²) >= 11 is 6.11. The normalized spacial score (nSPS) is 24.5. The maximum atomic E-state index is 14.5. The van der Waals surface area contributed by atoms with Gasteiger partial charge in [-0.1, -0.05) is 32.4 Å². The first-order chi connectivity index (χ1) is 22.3. The molecule has 2 aromatic rings. The van der Waals surface area contributed by atoms with Crippen molar-refractivity contribution in [2.45, 2.75) is 57.8 Å². The smallest absolute Gasteiger partial charge is 0.355 e. The second kappa shape index (κ2) is 11.3. The van der Waals surface area contributed by atoms with Crippen molar-refractivity contribution in [1.29, 1.82) is 0 Å². The highest BCUT2D eigenvalue weighted by Gasteiger charge is 2.56. The van der Waals surface area contributed by atoms with Gasteiger partial charge in [0.2, 0.25) is 5.91 Å². The molecule has 1 aliphatic carbocycles. The minimum absolute atomic E-state index is 0.0333. The van der Waals surface area contributed by atoms with Crippen LogP contribution < -0.4 is 15.8 Å². The summed E-state index contributed by atoms with van der Waals surface area (Å²) in [4.78, 5) is 59.2. The van der Waals surface area contributed by atoms with E-state index in [1.807, 2.05) is 0 Å². The van der Waals surface area contributed by atoms with Crippen LogP contribution in [0.15, 0.2) is 29.8 Å². The molecule has 0 spiro atoms. The van der Waals surface area contributed by atoms with Gasteiger partial charge in [0.25, 0.3) is 17.7 Å². The van der Waals surface area contributed by atoms with Gasteiger partial charge >= 0.3 is 12.4 Å². The van der Waals surface area contributed by atoms with Gasteiger partial charge in [-0.05, 0) is 48.4 Å². The van der Waals surface area contributed by atoms with Gasteiger partial charge in [0, 0.05) is 42.5 Å². The monoisotopic (exact) mass is 699 g/mol. The molecule has 4 fully saturated rings. The second-order valence-electron chi connectivity index (χ2n) is 12.8. The highest BCUT2D eigenvalue weighted by Crippen LogP contribution is 2.57. The van der Waals surface area contributed by atoms with E-state index in [0.29, 0.717) is 10.0 Å². The third-order valence-electron chi connectivity index (χ3n) is 9.04. The van der Waals surface area contributed by atoms with Gasteiger partial charge in [0.05, 0.1) is 11.1 Å². The Hall–Kier alpha value is -4.41. The van der Waals surface area contributed by atoms with Gasteiger partial charge < -0.3 is 4.90 Å². The number of fused-ring (bicyclic) bond motifs is 2. The topological polar surface area (TPSA) is 128 Å². The minimum atomic E-state index is -5.02. The van der Waals surface area contributed by atoms with E-state index in [1.54, 1.807) is 13.8 Å². The van der Waals surface area contributed by atoms with Crippen molar-refractivity contribution in [1.82, 2.24) is 20.0 Å². The maximum absolute atomic E-state index is 14.5. The summed E-state index contributed by atoms with van der Waals surface area (Å²) in [7, 11) is 0. The van der Waals surface area contributed by atoms with E-state index in [2.05, 4.69) is 20.8 Å². The van der Waals surface area contributed by atoms with E-state index in [4.69, 9.17) is 11.6 Å². The van der Waals surface area contributed by atoms with Crippen LogP contribution in [0, 0.1) is 17.8 Å². The lowest BCUT2D eigenvalue weighted by Gasteiger charge is -2.57. The van der Waals surface area contributed by atoms with Gasteiger partial charge in [-0.3, -0.25) is 30.0 Å². The lowest BCUT2D eigenvalue weighted by Crippen LogP contribution is -2.60. The lowest BCUT2D eigenvalue weighted by atomic mass is 9.55. The highest BCUT2D eigenvalue weighted by atomic mass is 35.5. The van der Waals surface area contributed by atoms with Gasteiger partial charge in [-0.15, -0.1) is 0 Å². The number of halogens is 7. The Kier molecular flexibility index (Phi) is 7.91. The molecule has 3 saturated heterocycles. The molecule has 1 saturated carbocycles. The number of hydrogen-bond donors (Lipinski definition) is 2. The molecule has 7 rings (SSSR count). The first kappa shape index (κ1) is 33.5. The molecular weight excluding hydrogens is 672 g/mol. The summed E-state index contributed by atoms with van der Waals surface area (Å²) in [6, 6.07) is 2.70. The number of amides is 4. The van der Waals surface area contributed by atoms with Crippen molar-refractivity contribution in [2.24, 2.45) is 17.8 Å². The Morgan fingerprint density at radius 2 is 1.62 bits per heavy atom. The van der Waals surface area contributed by atoms with Crippen molar-refractivity contribution in [3.05, 3.63) is 51.7 Å². The molecular formula is C30H28ClF6N7O4. The van der Waals surface area contributed by atoms with Gasteiger partial charge in [0.1, 0.15) is 22.6 Å². The van der Waals surface area contributed by atoms with Gasteiger partial charge in [-0.2, -0.15) is 36.4 Å². The number of anilines is 3. The molecule has 1 atom stereocenters. The molecule has 48 heavy (non-hydrogen) atoms. The summed E-state index contributed by atoms with van der Waals surface area (Å²) in [5.41, 5.74) is 0.921. The molecule has 0 radical (unpaired) electrons. The SMILES string of the molecule is CC(C)C1=CC(=O)N(Nc2cc(C34CC(CN(c5nc(NN6C(=O)CC(C)C6=O)ccc5C(F)(F)F)C3)C4)c(C(F)(F)F)c(Cl)n2)C1=O. The Bertz CT molecular complexity index is 1770. The second-order valence-corrected chi connectivity index (χ2v) is 13.2. The van der Waals surface area contributed by atoms with Crippen LogP contribution in [0.1, 0.15) is 56.7 Å². The minimum Gasteiger partial charge on any atom is -0.355 e. The number of pyridine rings is 2. The summed E-state index contributed by atoms with van der Waals surface area (Å²) in [5, 5.41) is 0.314. The Labute approximate surface area is 274 Å². The molecule has 6 heterocycles. The molecule has 0 aromatic carbocycles. The first-order valence-electron chi connectivity index (χ1n) is 14.9. The number of carbonyl (C=O) groups is 4. The number of rotatable bonds is 7. The molecule has 11 nitrogen and oxygen atoms in total.